The highest BCUT2D eigenvalue weighted by molar-refractivity contribution is 7.99. The molecule has 1 aromatic heterocycles. The molecule has 1 atom stereocenters. The van der Waals surface area contributed by atoms with Crippen molar-refractivity contribution in [3.8, 4) is 17.1 Å². The van der Waals surface area contributed by atoms with Crippen LogP contribution < -0.4 is 4.74 Å². The summed E-state index contributed by atoms with van der Waals surface area (Å²) in [6.07, 6.45) is 2.32. The first-order valence-corrected chi connectivity index (χ1v) is 10.1. The lowest BCUT2D eigenvalue weighted by molar-refractivity contribution is -0.130. The van der Waals surface area contributed by atoms with E-state index in [-0.39, 0.29) is 5.91 Å². The van der Waals surface area contributed by atoms with Crippen molar-refractivity contribution in [2.75, 3.05) is 26.0 Å². The fourth-order valence-electron chi connectivity index (χ4n) is 3.27. The van der Waals surface area contributed by atoms with Gasteiger partial charge in [-0.25, -0.2) is 0 Å². The second-order valence-electron chi connectivity index (χ2n) is 6.65. The number of methoxy groups -OCH3 is 1. The third kappa shape index (κ3) is 4.20. The van der Waals surface area contributed by atoms with E-state index in [0.717, 1.165) is 48.3 Å². The zero-order valence-electron chi connectivity index (χ0n) is 15.6. The topological polar surface area (TPSA) is 60.2 Å². The van der Waals surface area contributed by atoms with Crippen LogP contribution in [-0.2, 0) is 11.3 Å². The van der Waals surface area contributed by atoms with E-state index in [1.54, 1.807) is 7.11 Å². The molecule has 0 spiro atoms. The zero-order valence-corrected chi connectivity index (χ0v) is 16.5. The minimum Gasteiger partial charge on any atom is -0.497 e. The van der Waals surface area contributed by atoms with Crippen LogP contribution in [0.25, 0.3) is 11.4 Å². The van der Waals surface area contributed by atoms with Gasteiger partial charge in [-0.1, -0.05) is 18.7 Å². The van der Waals surface area contributed by atoms with Crippen LogP contribution in [0.2, 0.25) is 0 Å². The lowest BCUT2D eigenvalue weighted by Crippen LogP contribution is -2.40. The smallest absolute Gasteiger partial charge is 0.233 e. The number of hydrogen-bond acceptors (Lipinski definition) is 5. The van der Waals surface area contributed by atoms with E-state index in [0.29, 0.717) is 11.7 Å². The highest BCUT2D eigenvalue weighted by Gasteiger charge is 2.22. The summed E-state index contributed by atoms with van der Waals surface area (Å²) in [6.45, 7) is 6.78. The Hall–Kier alpha value is -2.02. The van der Waals surface area contributed by atoms with Crippen LogP contribution in [-0.4, -0.2) is 51.5 Å². The van der Waals surface area contributed by atoms with Crippen molar-refractivity contribution in [1.82, 2.24) is 19.7 Å². The third-order valence-electron chi connectivity index (χ3n) is 4.72. The van der Waals surface area contributed by atoms with E-state index in [4.69, 9.17) is 4.74 Å². The molecule has 1 aromatic carbocycles. The number of carbonyl (C=O) groups is 1. The van der Waals surface area contributed by atoms with Gasteiger partial charge in [0.1, 0.15) is 5.75 Å². The molecule has 1 aliphatic heterocycles. The van der Waals surface area contributed by atoms with Crippen LogP contribution in [0.1, 0.15) is 26.7 Å². The molecule has 1 fully saturated rings. The molecule has 0 aliphatic carbocycles. The highest BCUT2D eigenvalue weighted by atomic mass is 32.2. The maximum Gasteiger partial charge on any atom is 0.233 e. The summed E-state index contributed by atoms with van der Waals surface area (Å²) in [7, 11) is 1.65. The molecular formula is C19H26N4O2S. The Morgan fingerprint density at radius 1 is 1.31 bits per heavy atom. The molecular weight excluding hydrogens is 348 g/mol. The number of ether oxygens (including phenoxy) is 1. The first-order valence-electron chi connectivity index (χ1n) is 9.10. The molecule has 1 aliphatic rings. The Balaban J connectivity index is 1.68. The fourth-order valence-corrected chi connectivity index (χ4v) is 4.17. The molecule has 140 valence electrons. The van der Waals surface area contributed by atoms with Crippen molar-refractivity contribution >= 4 is 17.7 Å². The summed E-state index contributed by atoms with van der Waals surface area (Å²) >= 11 is 1.47. The van der Waals surface area contributed by atoms with Crippen molar-refractivity contribution < 1.29 is 9.53 Å². The van der Waals surface area contributed by atoms with Crippen molar-refractivity contribution in [3.05, 3.63) is 24.3 Å². The van der Waals surface area contributed by atoms with Gasteiger partial charge in [0.15, 0.2) is 11.0 Å². The normalized spacial score (nSPS) is 17.3. The molecule has 0 bridgehead atoms. The first kappa shape index (κ1) is 18.8. The third-order valence-corrected chi connectivity index (χ3v) is 5.67. The SMILES string of the molecule is CCn1c(SCC(=O)N2CCCC(C)C2)nnc1-c1ccc(OC)cc1. The molecule has 0 N–H and O–H groups in total. The Labute approximate surface area is 158 Å². The predicted molar refractivity (Wildman–Crippen MR) is 103 cm³/mol. The molecule has 1 amide bonds. The van der Waals surface area contributed by atoms with Crippen LogP contribution in [0.5, 0.6) is 5.75 Å². The molecule has 3 rings (SSSR count). The van der Waals surface area contributed by atoms with Crippen LogP contribution in [0.3, 0.4) is 0 Å². The number of carbonyl (C=O) groups excluding carboxylic acids is 1. The van der Waals surface area contributed by atoms with Gasteiger partial charge in [-0.15, -0.1) is 10.2 Å². The minimum absolute atomic E-state index is 0.193. The number of likely N-dealkylation sites (tertiary alicyclic amines) is 1. The summed E-state index contributed by atoms with van der Waals surface area (Å²) in [4.78, 5) is 14.5. The molecule has 7 heteroatoms. The van der Waals surface area contributed by atoms with Crippen molar-refractivity contribution in [2.24, 2.45) is 5.92 Å². The van der Waals surface area contributed by atoms with E-state index < -0.39 is 0 Å². The van der Waals surface area contributed by atoms with Crippen molar-refractivity contribution in [1.29, 1.82) is 0 Å². The van der Waals surface area contributed by atoms with Gasteiger partial charge >= 0.3 is 0 Å². The summed E-state index contributed by atoms with van der Waals surface area (Å²) < 4.78 is 7.26. The maximum absolute atomic E-state index is 12.5. The lowest BCUT2D eigenvalue weighted by atomic mass is 10.0. The zero-order chi connectivity index (χ0) is 18.5. The quantitative estimate of drug-likeness (QED) is 0.726. The van der Waals surface area contributed by atoms with E-state index in [1.807, 2.05) is 29.2 Å². The van der Waals surface area contributed by atoms with Crippen LogP contribution in [0.15, 0.2) is 29.4 Å². The monoisotopic (exact) mass is 374 g/mol. The van der Waals surface area contributed by atoms with Gasteiger partial charge in [-0.05, 0) is 49.9 Å². The lowest BCUT2D eigenvalue weighted by Gasteiger charge is -2.30. The molecule has 6 nitrogen and oxygen atoms in total. The first-order chi connectivity index (χ1) is 12.6. The van der Waals surface area contributed by atoms with Crippen molar-refractivity contribution in [3.63, 3.8) is 0 Å². The van der Waals surface area contributed by atoms with Gasteiger partial charge in [0.05, 0.1) is 12.9 Å². The standard InChI is InChI=1S/C19H26N4O2S/c1-4-23-18(15-7-9-16(25-3)10-8-15)20-21-19(23)26-13-17(24)22-11-5-6-14(2)12-22/h7-10,14H,4-6,11-13H2,1-3H3. The second kappa shape index (κ2) is 8.58. The average molecular weight is 375 g/mol. The maximum atomic E-state index is 12.5. The summed E-state index contributed by atoms with van der Waals surface area (Å²) in [5, 5.41) is 9.44. The number of nitrogens with zero attached hydrogens (tertiary/aromatic N) is 4. The van der Waals surface area contributed by atoms with Gasteiger partial charge < -0.3 is 14.2 Å². The van der Waals surface area contributed by atoms with E-state index in [1.165, 1.54) is 18.2 Å². The average Bonchev–Trinajstić information content (AvgIpc) is 3.09. The number of aromatic nitrogens is 3. The molecule has 1 saturated heterocycles. The molecule has 26 heavy (non-hydrogen) atoms. The number of rotatable bonds is 6. The fraction of sp³-hybridized carbons (Fsp3) is 0.526. The Morgan fingerprint density at radius 2 is 2.08 bits per heavy atom. The molecule has 1 unspecified atom stereocenters. The summed E-state index contributed by atoms with van der Waals surface area (Å²) in [5.74, 6) is 2.83. The Bertz CT molecular complexity index is 744. The van der Waals surface area contributed by atoms with Gasteiger partial charge in [0.2, 0.25) is 5.91 Å². The van der Waals surface area contributed by atoms with E-state index in [2.05, 4.69) is 28.6 Å². The van der Waals surface area contributed by atoms with Gasteiger partial charge in [0, 0.05) is 25.2 Å². The molecule has 0 saturated carbocycles. The number of hydrogen-bond donors (Lipinski definition) is 0. The number of piperidine rings is 1. The van der Waals surface area contributed by atoms with Crippen LogP contribution >= 0.6 is 11.8 Å². The minimum atomic E-state index is 0.193. The van der Waals surface area contributed by atoms with Gasteiger partial charge in [-0.2, -0.15) is 0 Å². The molecule has 0 radical (unpaired) electrons. The largest absolute Gasteiger partial charge is 0.497 e. The van der Waals surface area contributed by atoms with Gasteiger partial charge in [-0.3, -0.25) is 4.79 Å². The van der Waals surface area contributed by atoms with Crippen LogP contribution in [0, 0.1) is 5.92 Å². The molecule has 2 heterocycles. The highest BCUT2D eigenvalue weighted by Crippen LogP contribution is 2.26. The van der Waals surface area contributed by atoms with E-state index >= 15 is 0 Å². The Kier molecular flexibility index (Phi) is 6.19. The number of thioether (sulfide) groups is 1. The second-order valence-corrected chi connectivity index (χ2v) is 7.60. The van der Waals surface area contributed by atoms with Gasteiger partial charge in [0.25, 0.3) is 0 Å². The van der Waals surface area contributed by atoms with Crippen LogP contribution in [0.4, 0.5) is 0 Å². The van der Waals surface area contributed by atoms with Crippen molar-refractivity contribution in [2.45, 2.75) is 38.4 Å². The summed E-state index contributed by atoms with van der Waals surface area (Å²) in [5.41, 5.74) is 0.989. The Morgan fingerprint density at radius 3 is 2.73 bits per heavy atom. The molecule has 2 aromatic rings. The number of benzene rings is 1. The summed E-state index contributed by atoms with van der Waals surface area (Å²) in [6, 6.07) is 7.78. The predicted octanol–water partition coefficient (Wildman–Crippen LogP) is 3.32. The van der Waals surface area contributed by atoms with E-state index in [9.17, 15) is 4.79 Å². The number of amides is 1.